The van der Waals surface area contributed by atoms with Crippen molar-refractivity contribution >= 4 is 23.2 Å². The van der Waals surface area contributed by atoms with Gasteiger partial charge < -0.3 is 4.90 Å². The molecule has 1 aliphatic rings. The van der Waals surface area contributed by atoms with Crippen LogP contribution in [0.25, 0.3) is 5.78 Å². The SMILES string of the molecule is Cc1nc2nc(C)c(C[C@@H]3CCN(c4cncc(Cl)n4)C3)c(C)n2n1. The summed E-state index contributed by atoms with van der Waals surface area (Å²) in [5.41, 5.74) is 3.43. The summed E-state index contributed by atoms with van der Waals surface area (Å²) in [5, 5.41) is 4.90. The Morgan fingerprint density at radius 1 is 1.16 bits per heavy atom. The molecule has 1 saturated heterocycles. The number of aryl methyl sites for hydroxylation is 3. The lowest BCUT2D eigenvalue weighted by Crippen LogP contribution is -2.22. The predicted molar refractivity (Wildman–Crippen MR) is 96.1 cm³/mol. The molecule has 0 spiro atoms. The molecule has 0 bridgehead atoms. The number of hydrogen-bond acceptors (Lipinski definition) is 6. The molecule has 0 aliphatic carbocycles. The predicted octanol–water partition coefficient (Wildman–Crippen LogP) is 2.56. The van der Waals surface area contributed by atoms with E-state index < -0.39 is 0 Å². The zero-order valence-electron chi connectivity index (χ0n) is 14.6. The fourth-order valence-electron chi connectivity index (χ4n) is 3.58. The first-order valence-electron chi connectivity index (χ1n) is 8.43. The Morgan fingerprint density at radius 3 is 2.80 bits per heavy atom. The van der Waals surface area contributed by atoms with Crippen LogP contribution in [0.1, 0.15) is 29.2 Å². The van der Waals surface area contributed by atoms with E-state index in [2.05, 4.69) is 43.8 Å². The van der Waals surface area contributed by atoms with Crippen molar-refractivity contribution in [3.63, 3.8) is 0 Å². The number of halogens is 1. The topological polar surface area (TPSA) is 72.1 Å². The standard InChI is InChI=1S/C17H20ClN7/c1-10-14(11(2)25-17(20-10)21-12(3)23-25)6-13-4-5-24(9-13)16-8-19-7-15(18)22-16/h7-8,13H,4-6,9H2,1-3H3/t13-/m0/s1. The van der Waals surface area contributed by atoms with Crippen molar-refractivity contribution in [2.24, 2.45) is 5.92 Å². The second-order valence-corrected chi connectivity index (χ2v) is 7.02. The molecule has 0 amide bonds. The van der Waals surface area contributed by atoms with Gasteiger partial charge in [-0.3, -0.25) is 4.98 Å². The summed E-state index contributed by atoms with van der Waals surface area (Å²) in [6.07, 6.45) is 5.42. The van der Waals surface area contributed by atoms with Gasteiger partial charge in [0.05, 0.1) is 12.4 Å². The highest BCUT2D eigenvalue weighted by Gasteiger charge is 2.26. The molecule has 4 heterocycles. The van der Waals surface area contributed by atoms with Gasteiger partial charge in [0.15, 0.2) is 0 Å². The fraction of sp³-hybridized carbons (Fsp3) is 0.471. The van der Waals surface area contributed by atoms with Crippen molar-refractivity contribution < 1.29 is 0 Å². The Labute approximate surface area is 151 Å². The van der Waals surface area contributed by atoms with E-state index in [0.29, 0.717) is 16.8 Å². The van der Waals surface area contributed by atoms with E-state index >= 15 is 0 Å². The normalized spacial score (nSPS) is 17.6. The first-order valence-corrected chi connectivity index (χ1v) is 8.81. The maximum atomic E-state index is 5.96. The molecule has 25 heavy (non-hydrogen) atoms. The minimum absolute atomic E-state index is 0.434. The van der Waals surface area contributed by atoms with Crippen LogP contribution in [0.15, 0.2) is 12.4 Å². The van der Waals surface area contributed by atoms with E-state index in [1.807, 2.05) is 11.4 Å². The van der Waals surface area contributed by atoms with Gasteiger partial charge in [0.25, 0.3) is 5.78 Å². The lowest BCUT2D eigenvalue weighted by atomic mass is 9.96. The first kappa shape index (κ1) is 16.2. The molecule has 3 aromatic rings. The highest BCUT2D eigenvalue weighted by molar-refractivity contribution is 6.29. The van der Waals surface area contributed by atoms with Gasteiger partial charge in [0.2, 0.25) is 0 Å². The van der Waals surface area contributed by atoms with Gasteiger partial charge in [-0.1, -0.05) is 11.6 Å². The van der Waals surface area contributed by atoms with E-state index in [0.717, 1.165) is 49.0 Å². The van der Waals surface area contributed by atoms with Gasteiger partial charge in [-0.2, -0.15) is 10.1 Å². The third-order valence-corrected chi connectivity index (χ3v) is 5.03. The maximum absolute atomic E-state index is 5.96. The van der Waals surface area contributed by atoms with Crippen LogP contribution in [0.3, 0.4) is 0 Å². The third kappa shape index (κ3) is 3.04. The van der Waals surface area contributed by atoms with E-state index in [-0.39, 0.29) is 0 Å². The molecule has 0 radical (unpaired) electrons. The van der Waals surface area contributed by atoms with Crippen molar-refractivity contribution in [1.82, 2.24) is 29.5 Å². The average molecular weight is 358 g/mol. The molecular weight excluding hydrogens is 338 g/mol. The van der Waals surface area contributed by atoms with Gasteiger partial charge in [0, 0.05) is 24.5 Å². The molecule has 0 unspecified atom stereocenters. The molecule has 1 fully saturated rings. The number of aromatic nitrogens is 6. The number of hydrogen-bond donors (Lipinski definition) is 0. The van der Waals surface area contributed by atoms with Crippen LogP contribution in [0.4, 0.5) is 5.82 Å². The van der Waals surface area contributed by atoms with Gasteiger partial charge in [-0.05, 0) is 45.1 Å². The van der Waals surface area contributed by atoms with Gasteiger partial charge in [0.1, 0.15) is 16.8 Å². The molecular formula is C17H20ClN7. The van der Waals surface area contributed by atoms with E-state index in [1.165, 1.54) is 5.56 Å². The summed E-state index contributed by atoms with van der Waals surface area (Å²) in [7, 11) is 0. The Morgan fingerprint density at radius 2 is 2.00 bits per heavy atom. The molecule has 4 rings (SSSR count). The van der Waals surface area contributed by atoms with Crippen molar-refractivity contribution in [3.8, 4) is 0 Å². The smallest absolute Gasteiger partial charge is 0.252 e. The van der Waals surface area contributed by atoms with Crippen LogP contribution < -0.4 is 4.90 Å². The second-order valence-electron chi connectivity index (χ2n) is 6.64. The van der Waals surface area contributed by atoms with Crippen molar-refractivity contribution in [1.29, 1.82) is 0 Å². The van der Waals surface area contributed by atoms with Gasteiger partial charge in [-0.25, -0.2) is 14.5 Å². The second kappa shape index (κ2) is 6.22. The number of rotatable bonds is 3. The fourth-order valence-corrected chi connectivity index (χ4v) is 3.73. The summed E-state index contributed by atoms with van der Waals surface area (Å²) >= 11 is 5.96. The molecule has 0 aromatic carbocycles. The highest BCUT2D eigenvalue weighted by Crippen LogP contribution is 2.27. The molecule has 0 saturated carbocycles. The Balaban J connectivity index is 1.56. The molecule has 1 aliphatic heterocycles. The number of fused-ring (bicyclic) bond motifs is 1. The first-order chi connectivity index (χ1) is 12.0. The largest absolute Gasteiger partial charge is 0.355 e. The summed E-state index contributed by atoms with van der Waals surface area (Å²) in [6.45, 7) is 7.96. The third-order valence-electron chi connectivity index (χ3n) is 4.85. The monoisotopic (exact) mass is 357 g/mol. The number of nitrogens with zero attached hydrogens (tertiary/aromatic N) is 7. The van der Waals surface area contributed by atoms with Gasteiger partial charge in [-0.15, -0.1) is 0 Å². The number of anilines is 1. The molecule has 7 nitrogen and oxygen atoms in total. The Bertz CT molecular complexity index is 936. The van der Waals surface area contributed by atoms with Crippen LogP contribution in [-0.4, -0.2) is 42.6 Å². The minimum Gasteiger partial charge on any atom is -0.355 e. The van der Waals surface area contributed by atoms with Crippen LogP contribution >= 0.6 is 11.6 Å². The van der Waals surface area contributed by atoms with Crippen LogP contribution in [0.5, 0.6) is 0 Å². The van der Waals surface area contributed by atoms with Crippen LogP contribution in [0.2, 0.25) is 5.15 Å². The molecule has 3 aromatic heterocycles. The summed E-state index contributed by atoms with van der Waals surface area (Å²) in [5.74, 6) is 2.82. The van der Waals surface area contributed by atoms with Crippen LogP contribution in [0, 0.1) is 26.7 Å². The van der Waals surface area contributed by atoms with Crippen molar-refractivity contribution in [3.05, 3.63) is 40.3 Å². The van der Waals surface area contributed by atoms with Crippen molar-refractivity contribution in [2.45, 2.75) is 33.6 Å². The summed E-state index contributed by atoms with van der Waals surface area (Å²) in [6, 6.07) is 0. The highest BCUT2D eigenvalue weighted by atomic mass is 35.5. The van der Waals surface area contributed by atoms with Gasteiger partial charge >= 0.3 is 0 Å². The quantitative estimate of drug-likeness (QED) is 0.717. The summed E-state index contributed by atoms with van der Waals surface area (Å²) < 4.78 is 1.85. The lowest BCUT2D eigenvalue weighted by Gasteiger charge is -2.18. The molecule has 0 N–H and O–H groups in total. The Hall–Kier alpha value is -2.28. The zero-order valence-corrected chi connectivity index (χ0v) is 15.3. The summed E-state index contributed by atoms with van der Waals surface area (Å²) in [4.78, 5) is 19.8. The van der Waals surface area contributed by atoms with E-state index in [1.54, 1.807) is 12.4 Å². The molecule has 130 valence electrons. The van der Waals surface area contributed by atoms with Crippen molar-refractivity contribution in [2.75, 3.05) is 18.0 Å². The lowest BCUT2D eigenvalue weighted by molar-refractivity contribution is 0.577. The maximum Gasteiger partial charge on any atom is 0.252 e. The zero-order chi connectivity index (χ0) is 17.6. The molecule has 8 heteroatoms. The minimum atomic E-state index is 0.434. The van der Waals surface area contributed by atoms with E-state index in [9.17, 15) is 0 Å². The average Bonchev–Trinajstić information content (AvgIpc) is 3.18. The van der Waals surface area contributed by atoms with Crippen LogP contribution in [-0.2, 0) is 6.42 Å². The molecule has 1 atom stereocenters. The Kier molecular flexibility index (Phi) is 4.03. The van der Waals surface area contributed by atoms with E-state index in [4.69, 9.17) is 11.6 Å².